The number of halogens is 2. The maximum atomic E-state index is 11.9. The number of nitrogens with zero attached hydrogens (tertiary/aromatic N) is 1. The number of ether oxygens (including phenoxy) is 2. The molecule has 3 rings (SSSR count). The van der Waals surface area contributed by atoms with Crippen LogP contribution in [-0.2, 0) is 16.0 Å². The van der Waals surface area contributed by atoms with Crippen molar-refractivity contribution in [2.24, 2.45) is 0 Å². The van der Waals surface area contributed by atoms with E-state index < -0.39 is 5.97 Å². The van der Waals surface area contributed by atoms with E-state index in [4.69, 9.17) is 37.1 Å². The highest BCUT2D eigenvalue weighted by Crippen LogP contribution is 2.32. The van der Waals surface area contributed by atoms with Crippen molar-refractivity contribution in [2.75, 3.05) is 6.61 Å². The lowest BCUT2D eigenvalue weighted by Crippen LogP contribution is -2.08. The van der Waals surface area contributed by atoms with Gasteiger partial charge in [-0.1, -0.05) is 23.2 Å². The summed E-state index contributed by atoms with van der Waals surface area (Å²) in [7, 11) is 0. The van der Waals surface area contributed by atoms with Gasteiger partial charge in [0.1, 0.15) is 11.4 Å². The van der Waals surface area contributed by atoms with Crippen LogP contribution in [0.25, 0.3) is 11.5 Å². The van der Waals surface area contributed by atoms with Gasteiger partial charge in [0.05, 0.1) is 13.0 Å². The summed E-state index contributed by atoms with van der Waals surface area (Å²) in [5.41, 5.74) is 1.06. The van der Waals surface area contributed by atoms with Crippen LogP contribution < -0.4 is 4.74 Å². The van der Waals surface area contributed by atoms with Gasteiger partial charge >= 0.3 is 11.9 Å². The van der Waals surface area contributed by atoms with E-state index in [1.54, 1.807) is 55.5 Å². The van der Waals surface area contributed by atoms with Crippen molar-refractivity contribution in [3.63, 3.8) is 0 Å². The summed E-state index contributed by atoms with van der Waals surface area (Å²) < 4.78 is 16.5. The molecule has 0 aliphatic carbocycles. The van der Waals surface area contributed by atoms with Crippen LogP contribution in [0.1, 0.15) is 12.6 Å². The number of esters is 1. The number of hydrogen-bond acceptors (Lipinski definition) is 5. The number of hydrogen-bond donors (Lipinski definition) is 0. The third kappa shape index (κ3) is 4.56. The van der Waals surface area contributed by atoms with Crippen LogP contribution in [0, 0.1) is 0 Å². The van der Waals surface area contributed by atoms with Gasteiger partial charge in [0, 0.05) is 15.6 Å². The van der Waals surface area contributed by atoms with E-state index in [0.717, 1.165) is 0 Å². The second kappa shape index (κ2) is 8.25. The Morgan fingerprint density at radius 3 is 2.27 bits per heavy atom. The van der Waals surface area contributed by atoms with Crippen molar-refractivity contribution in [3.8, 4) is 23.1 Å². The van der Waals surface area contributed by atoms with E-state index in [1.807, 2.05) is 0 Å². The van der Waals surface area contributed by atoms with Gasteiger partial charge in [-0.25, -0.2) is 4.98 Å². The van der Waals surface area contributed by atoms with Crippen molar-refractivity contribution < 1.29 is 18.7 Å². The van der Waals surface area contributed by atoms with E-state index in [1.165, 1.54) is 0 Å². The molecule has 0 aliphatic heterocycles. The smallest absolute Gasteiger partial charge is 0.315 e. The maximum Gasteiger partial charge on any atom is 0.315 e. The zero-order valence-corrected chi connectivity index (χ0v) is 15.4. The summed E-state index contributed by atoms with van der Waals surface area (Å²) in [6, 6.07) is 13.8. The molecule has 1 aromatic heterocycles. The summed E-state index contributed by atoms with van der Waals surface area (Å²) in [5.74, 6) is 0.554. The van der Waals surface area contributed by atoms with E-state index >= 15 is 0 Å². The van der Waals surface area contributed by atoms with E-state index in [9.17, 15) is 4.79 Å². The van der Waals surface area contributed by atoms with Crippen molar-refractivity contribution in [1.82, 2.24) is 4.98 Å². The number of aromatic nitrogens is 1. The second-order valence-electron chi connectivity index (χ2n) is 5.30. The zero-order chi connectivity index (χ0) is 18.5. The highest BCUT2D eigenvalue weighted by molar-refractivity contribution is 6.30. The molecule has 0 aliphatic rings. The van der Waals surface area contributed by atoms with E-state index in [2.05, 4.69) is 4.98 Å². The lowest BCUT2D eigenvalue weighted by Gasteiger charge is -2.04. The molecule has 0 radical (unpaired) electrons. The van der Waals surface area contributed by atoms with Crippen molar-refractivity contribution in [1.29, 1.82) is 0 Å². The standard InChI is InChI=1S/C19H15Cl2NO4/c1-2-24-17(23)11-16-19(25-15-9-7-14(21)8-10-15)26-18(22-16)12-3-5-13(20)6-4-12/h3-10H,2,11H2,1H3. The first-order valence-electron chi connectivity index (χ1n) is 7.90. The fourth-order valence-corrected chi connectivity index (χ4v) is 2.46. The molecule has 0 unspecified atom stereocenters. The molecule has 7 heteroatoms. The van der Waals surface area contributed by atoms with Crippen LogP contribution >= 0.6 is 23.2 Å². The molecule has 0 bridgehead atoms. The van der Waals surface area contributed by atoms with Gasteiger partial charge in [-0.2, -0.15) is 0 Å². The lowest BCUT2D eigenvalue weighted by molar-refractivity contribution is -0.142. The Hall–Kier alpha value is -2.50. The van der Waals surface area contributed by atoms with Gasteiger partial charge in [0.25, 0.3) is 0 Å². The molecule has 2 aromatic carbocycles. The van der Waals surface area contributed by atoms with Crippen LogP contribution in [-0.4, -0.2) is 17.6 Å². The normalized spacial score (nSPS) is 10.6. The van der Waals surface area contributed by atoms with Crippen LogP contribution in [0.15, 0.2) is 52.9 Å². The third-order valence-corrected chi connectivity index (χ3v) is 3.90. The monoisotopic (exact) mass is 391 g/mol. The van der Waals surface area contributed by atoms with Crippen LogP contribution in [0.5, 0.6) is 11.7 Å². The van der Waals surface area contributed by atoms with Gasteiger partial charge in [-0.05, 0) is 55.5 Å². The summed E-state index contributed by atoms with van der Waals surface area (Å²) in [6.07, 6.45) is -0.0617. The predicted octanol–water partition coefficient (Wildman–Crippen LogP) is 5.55. The van der Waals surface area contributed by atoms with Gasteiger partial charge < -0.3 is 13.9 Å². The summed E-state index contributed by atoms with van der Waals surface area (Å²) in [5, 5.41) is 1.19. The Kier molecular flexibility index (Phi) is 5.81. The zero-order valence-electron chi connectivity index (χ0n) is 13.9. The summed E-state index contributed by atoms with van der Waals surface area (Å²) in [6.45, 7) is 2.03. The third-order valence-electron chi connectivity index (χ3n) is 3.39. The molecule has 26 heavy (non-hydrogen) atoms. The quantitative estimate of drug-likeness (QED) is 0.515. The van der Waals surface area contributed by atoms with Crippen molar-refractivity contribution >= 4 is 29.2 Å². The number of carbonyl (C=O) groups is 1. The largest absolute Gasteiger partial charge is 0.466 e. The topological polar surface area (TPSA) is 61.6 Å². The number of carbonyl (C=O) groups excluding carboxylic acids is 1. The lowest BCUT2D eigenvalue weighted by atomic mass is 10.2. The van der Waals surface area contributed by atoms with E-state index in [0.29, 0.717) is 32.9 Å². The fraction of sp³-hybridized carbons (Fsp3) is 0.158. The van der Waals surface area contributed by atoms with E-state index in [-0.39, 0.29) is 19.0 Å². The first-order chi connectivity index (χ1) is 12.5. The molecule has 1 heterocycles. The average Bonchev–Trinajstić information content (AvgIpc) is 3.00. The Morgan fingerprint density at radius 2 is 1.65 bits per heavy atom. The minimum Gasteiger partial charge on any atom is -0.466 e. The number of benzene rings is 2. The Bertz CT molecular complexity index is 889. The van der Waals surface area contributed by atoms with Crippen LogP contribution in [0.3, 0.4) is 0 Å². The molecule has 0 atom stereocenters. The highest BCUT2D eigenvalue weighted by atomic mass is 35.5. The Balaban J connectivity index is 1.92. The molecule has 0 saturated carbocycles. The van der Waals surface area contributed by atoms with Crippen LogP contribution in [0.2, 0.25) is 10.0 Å². The summed E-state index contributed by atoms with van der Waals surface area (Å²) in [4.78, 5) is 16.2. The van der Waals surface area contributed by atoms with Gasteiger partial charge in [-0.15, -0.1) is 0 Å². The fourth-order valence-electron chi connectivity index (χ4n) is 2.20. The predicted molar refractivity (Wildman–Crippen MR) is 98.8 cm³/mol. The van der Waals surface area contributed by atoms with Crippen molar-refractivity contribution in [2.45, 2.75) is 13.3 Å². The minimum absolute atomic E-state index is 0.0617. The first-order valence-corrected chi connectivity index (χ1v) is 8.65. The first kappa shape index (κ1) is 18.3. The van der Waals surface area contributed by atoms with Gasteiger partial charge in [0.2, 0.25) is 5.89 Å². The second-order valence-corrected chi connectivity index (χ2v) is 6.17. The molecule has 3 aromatic rings. The Labute approximate surface area is 160 Å². The SMILES string of the molecule is CCOC(=O)Cc1nc(-c2ccc(Cl)cc2)oc1Oc1ccc(Cl)cc1. The molecule has 0 N–H and O–H groups in total. The Morgan fingerprint density at radius 1 is 1.04 bits per heavy atom. The minimum atomic E-state index is -0.413. The van der Waals surface area contributed by atoms with Gasteiger partial charge in [0.15, 0.2) is 0 Å². The number of oxazole rings is 1. The maximum absolute atomic E-state index is 11.9. The molecule has 0 amide bonds. The van der Waals surface area contributed by atoms with Gasteiger partial charge in [-0.3, -0.25) is 4.79 Å². The molecule has 0 fully saturated rings. The average molecular weight is 392 g/mol. The molecular weight excluding hydrogens is 377 g/mol. The molecule has 0 saturated heterocycles. The van der Waals surface area contributed by atoms with Crippen molar-refractivity contribution in [3.05, 3.63) is 64.3 Å². The number of rotatable bonds is 6. The van der Waals surface area contributed by atoms with Crippen LogP contribution in [0.4, 0.5) is 0 Å². The summed E-state index contributed by atoms with van der Waals surface area (Å²) >= 11 is 11.8. The molecule has 134 valence electrons. The molecule has 5 nitrogen and oxygen atoms in total. The highest BCUT2D eigenvalue weighted by Gasteiger charge is 2.20. The molecule has 0 spiro atoms. The molecular formula is C19H15Cl2NO4.